The maximum absolute atomic E-state index is 13.0. The first-order valence-corrected chi connectivity index (χ1v) is 7.83. The summed E-state index contributed by atoms with van der Waals surface area (Å²) in [7, 11) is 0. The van der Waals surface area contributed by atoms with Crippen LogP contribution < -0.4 is 0 Å². The van der Waals surface area contributed by atoms with Crippen LogP contribution in [0.25, 0.3) is 10.9 Å². The lowest BCUT2D eigenvalue weighted by Crippen LogP contribution is -2.42. The molecule has 3 aromatic rings. The van der Waals surface area contributed by atoms with E-state index in [1.54, 1.807) is 24.8 Å². The molecule has 0 N–H and O–H groups in total. The Morgan fingerprint density at radius 1 is 1.12 bits per heavy atom. The van der Waals surface area contributed by atoms with Gasteiger partial charge in [-0.15, -0.1) is 0 Å². The lowest BCUT2D eigenvalue weighted by Gasteiger charge is -2.32. The highest BCUT2D eigenvalue weighted by molar-refractivity contribution is 6.06. The zero-order valence-corrected chi connectivity index (χ0v) is 13.0. The van der Waals surface area contributed by atoms with Crippen LogP contribution in [0.4, 0.5) is 0 Å². The number of aromatic nitrogens is 3. The molecule has 120 valence electrons. The van der Waals surface area contributed by atoms with E-state index in [1.807, 2.05) is 35.2 Å². The number of hydrogen-bond acceptors (Lipinski definition) is 5. The van der Waals surface area contributed by atoms with E-state index >= 15 is 0 Å². The van der Waals surface area contributed by atoms with Gasteiger partial charge in [-0.3, -0.25) is 19.7 Å². The molecule has 1 amide bonds. The number of ether oxygens (including phenoxy) is 1. The number of fused-ring (bicyclic) bond motifs is 1. The van der Waals surface area contributed by atoms with Crippen LogP contribution in [-0.4, -0.2) is 45.5 Å². The van der Waals surface area contributed by atoms with Gasteiger partial charge in [0.1, 0.15) is 6.10 Å². The van der Waals surface area contributed by atoms with Gasteiger partial charge < -0.3 is 9.64 Å². The fourth-order valence-electron chi connectivity index (χ4n) is 2.95. The van der Waals surface area contributed by atoms with Crippen molar-refractivity contribution >= 4 is 16.8 Å². The molecule has 6 heteroatoms. The maximum atomic E-state index is 13.0. The minimum absolute atomic E-state index is 0.00853. The van der Waals surface area contributed by atoms with Crippen molar-refractivity contribution in [2.45, 2.75) is 6.10 Å². The van der Waals surface area contributed by atoms with Crippen molar-refractivity contribution in [2.24, 2.45) is 0 Å². The highest BCUT2D eigenvalue weighted by atomic mass is 16.5. The zero-order chi connectivity index (χ0) is 16.4. The number of carbonyl (C=O) groups is 1. The van der Waals surface area contributed by atoms with Crippen molar-refractivity contribution in [3.05, 3.63) is 66.4 Å². The Bertz CT molecular complexity index is 864. The number of hydrogen-bond donors (Lipinski definition) is 0. The molecule has 1 aliphatic heterocycles. The lowest BCUT2D eigenvalue weighted by molar-refractivity contribution is -0.0248. The van der Waals surface area contributed by atoms with Crippen LogP contribution in [0.15, 0.2) is 55.1 Å². The van der Waals surface area contributed by atoms with Gasteiger partial charge in [-0.05, 0) is 18.2 Å². The molecule has 24 heavy (non-hydrogen) atoms. The third-order valence-electron chi connectivity index (χ3n) is 4.14. The van der Waals surface area contributed by atoms with Crippen molar-refractivity contribution < 1.29 is 9.53 Å². The average molecular weight is 320 g/mol. The van der Waals surface area contributed by atoms with Gasteiger partial charge in [0.2, 0.25) is 0 Å². The molecule has 2 aromatic heterocycles. The van der Waals surface area contributed by atoms with Crippen LogP contribution in [-0.2, 0) is 4.74 Å². The molecule has 1 saturated heterocycles. The van der Waals surface area contributed by atoms with Gasteiger partial charge in [0.15, 0.2) is 0 Å². The summed E-state index contributed by atoms with van der Waals surface area (Å²) in [6.07, 6.45) is 6.42. The van der Waals surface area contributed by atoms with Gasteiger partial charge in [-0.1, -0.05) is 12.1 Å². The molecule has 0 bridgehead atoms. The van der Waals surface area contributed by atoms with Gasteiger partial charge in [0.25, 0.3) is 5.91 Å². The van der Waals surface area contributed by atoms with Gasteiger partial charge in [-0.25, -0.2) is 0 Å². The van der Waals surface area contributed by atoms with Gasteiger partial charge in [-0.2, -0.15) is 0 Å². The van der Waals surface area contributed by atoms with Crippen molar-refractivity contribution in [1.82, 2.24) is 19.9 Å². The molecular weight excluding hydrogens is 304 g/mol. The molecule has 6 nitrogen and oxygen atoms in total. The summed E-state index contributed by atoms with van der Waals surface area (Å²) in [6, 6.07) is 9.40. The molecule has 1 aromatic carbocycles. The monoisotopic (exact) mass is 320 g/mol. The summed E-state index contributed by atoms with van der Waals surface area (Å²) in [4.78, 5) is 27.5. The second-order valence-corrected chi connectivity index (χ2v) is 5.62. The van der Waals surface area contributed by atoms with Crippen molar-refractivity contribution in [3.8, 4) is 0 Å². The predicted octanol–water partition coefficient (Wildman–Crippen LogP) is 2.24. The van der Waals surface area contributed by atoms with E-state index in [2.05, 4.69) is 15.0 Å². The van der Waals surface area contributed by atoms with Crippen LogP contribution in [0, 0.1) is 0 Å². The lowest BCUT2D eigenvalue weighted by atomic mass is 10.1. The fourth-order valence-corrected chi connectivity index (χ4v) is 2.95. The maximum Gasteiger partial charge on any atom is 0.254 e. The summed E-state index contributed by atoms with van der Waals surface area (Å²) in [5.74, 6) is -0.00853. The minimum Gasteiger partial charge on any atom is -0.368 e. The van der Waals surface area contributed by atoms with E-state index in [-0.39, 0.29) is 12.0 Å². The first-order chi connectivity index (χ1) is 11.8. The molecule has 0 spiro atoms. The van der Waals surface area contributed by atoms with Crippen molar-refractivity contribution in [3.63, 3.8) is 0 Å². The molecule has 1 atom stereocenters. The molecule has 3 heterocycles. The fraction of sp³-hybridized carbons (Fsp3) is 0.222. The highest BCUT2D eigenvalue weighted by Gasteiger charge is 2.27. The smallest absolute Gasteiger partial charge is 0.254 e. The molecule has 0 radical (unpaired) electrons. The van der Waals surface area contributed by atoms with Crippen LogP contribution in [0.1, 0.15) is 22.2 Å². The van der Waals surface area contributed by atoms with E-state index in [0.717, 1.165) is 16.6 Å². The topological polar surface area (TPSA) is 68.2 Å². The van der Waals surface area contributed by atoms with Crippen LogP contribution in [0.3, 0.4) is 0 Å². The molecular formula is C18H16N4O2. The molecule has 4 rings (SSSR count). The molecule has 1 fully saturated rings. The Kier molecular flexibility index (Phi) is 3.88. The van der Waals surface area contributed by atoms with Gasteiger partial charge >= 0.3 is 0 Å². The number of rotatable bonds is 2. The normalized spacial score (nSPS) is 17.8. The quantitative estimate of drug-likeness (QED) is 0.724. The van der Waals surface area contributed by atoms with Crippen LogP contribution in [0.2, 0.25) is 0 Å². The van der Waals surface area contributed by atoms with Crippen LogP contribution >= 0.6 is 0 Å². The summed E-state index contributed by atoms with van der Waals surface area (Å²) in [5, 5.41) is 0.868. The largest absolute Gasteiger partial charge is 0.368 e. The Morgan fingerprint density at radius 3 is 2.96 bits per heavy atom. The van der Waals surface area contributed by atoms with E-state index in [9.17, 15) is 4.79 Å². The Morgan fingerprint density at radius 2 is 2.08 bits per heavy atom. The predicted molar refractivity (Wildman–Crippen MR) is 88.4 cm³/mol. The summed E-state index contributed by atoms with van der Waals surface area (Å²) < 4.78 is 5.76. The SMILES string of the molecule is O=C(c1cccc2ncccc12)N1CCO[C@@H](c2cnccn2)C1. The van der Waals surface area contributed by atoms with E-state index in [4.69, 9.17) is 4.74 Å². The van der Waals surface area contributed by atoms with Crippen molar-refractivity contribution in [1.29, 1.82) is 0 Å². The molecule has 0 unspecified atom stereocenters. The average Bonchev–Trinajstić information content (AvgIpc) is 2.68. The second-order valence-electron chi connectivity index (χ2n) is 5.62. The van der Waals surface area contributed by atoms with E-state index < -0.39 is 0 Å². The first kappa shape index (κ1) is 14.7. The molecule has 0 saturated carbocycles. The van der Waals surface area contributed by atoms with Crippen LogP contribution in [0.5, 0.6) is 0 Å². The standard InChI is InChI=1S/C18H16N4O2/c23-18(14-3-1-5-15-13(14)4-2-6-20-15)22-9-10-24-17(12-22)16-11-19-7-8-21-16/h1-8,11,17H,9-10,12H2/t17-/m1/s1. The highest BCUT2D eigenvalue weighted by Crippen LogP contribution is 2.23. The van der Waals surface area contributed by atoms with E-state index in [1.165, 1.54) is 0 Å². The van der Waals surface area contributed by atoms with E-state index in [0.29, 0.717) is 25.3 Å². The number of nitrogens with zero attached hydrogens (tertiary/aromatic N) is 4. The third-order valence-corrected chi connectivity index (χ3v) is 4.14. The summed E-state index contributed by atoms with van der Waals surface area (Å²) >= 11 is 0. The Labute approximate surface area is 139 Å². The molecule has 1 aliphatic rings. The Balaban J connectivity index is 1.62. The number of amides is 1. The third kappa shape index (κ3) is 2.72. The number of pyridine rings is 1. The summed E-state index contributed by atoms with van der Waals surface area (Å²) in [6.45, 7) is 1.51. The summed E-state index contributed by atoms with van der Waals surface area (Å²) in [5.41, 5.74) is 2.23. The van der Waals surface area contributed by atoms with Gasteiger partial charge in [0, 0.05) is 36.1 Å². The number of carbonyl (C=O) groups excluding carboxylic acids is 1. The zero-order valence-electron chi connectivity index (χ0n) is 13.0. The van der Waals surface area contributed by atoms with Gasteiger partial charge in [0.05, 0.1) is 30.6 Å². The minimum atomic E-state index is -0.246. The van der Waals surface area contributed by atoms with Crippen molar-refractivity contribution in [2.75, 3.05) is 19.7 Å². The Hall–Kier alpha value is -2.86. The number of benzene rings is 1. The number of morpholine rings is 1. The molecule has 0 aliphatic carbocycles. The first-order valence-electron chi connectivity index (χ1n) is 7.83. The second kappa shape index (κ2) is 6.33.